The van der Waals surface area contributed by atoms with E-state index in [1.807, 2.05) is 70.2 Å². The number of aliphatic hydroxyl groups excluding tert-OH is 2. The molecule has 1 saturated heterocycles. The quantitative estimate of drug-likeness (QED) is 0.263. The molecule has 3 N–H and O–H groups in total. The van der Waals surface area contributed by atoms with Crippen molar-refractivity contribution in [3.8, 4) is 5.75 Å². The molecule has 2 amide bonds. The predicted octanol–water partition coefficient (Wildman–Crippen LogP) is 4.89. The summed E-state index contributed by atoms with van der Waals surface area (Å²) in [4.78, 5) is 26.9. The molecule has 0 radical (unpaired) electrons. The topological polar surface area (TPSA) is 98.1 Å². The molecule has 1 heterocycles. The highest BCUT2D eigenvalue weighted by Gasteiger charge is 2.53. The molecule has 1 aliphatic carbocycles. The van der Waals surface area contributed by atoms with Crippen molar-refractivity contribution in [1.29, 1.82) is 0 Å². The van der Waals surface area contributed by atoms with Gasteiger partial charge in [0.25, 0.3) is 0 Å². The first kappa shape index (κ1) is 27.8. The lowest BCUT2D eigenvalue weighted by Gasteiger charge is -2.38. The van der Waals surface area contributed by atoms with Crippen molar-refractivity contribution in [3.05, 3.63) is 75.9 Å². The third-order valence-electron chi connectivity index (χ3n) is 8.28. The van der Waals surface area contributed by atoms with Gasteiger partial charge in [-0.1, -0.05) is 55.8 Å². The SMILES string of the molecule is Cc1cc(/C=C(/CC[C@@H](O)C2=C(C(C)C)C[C@H]3C(=O)N(C)C(=O)[C@H]3[C@H]2CO)c2ccccc2)cc(C)c1O. The van der Waals surface area contributed by atoms with Gasteiger partial charge in [-0.3, -0.25) is 14.5 Å². The smallest absolute Gasteiger partial charge is 0.233 e. The van der Waals surface area contributed by atoms with Crippen molar-refractivity contribution >= 4 is 23.5 Å². The zero-order valence-electron chi connectivity index (χ0n) is 22.9. The van der Waals surface area contributed by atoms with E-state index in [9.17, 15) is 24.9 Å². The van der Waals surface area contributed by atoms with Crippen LogP contribution in [0.15, 0.2) is 53.6 Å². The number of fused-ring (bicyclic) bond motifs is 1. The zero-order chi connectivity index (χ0) is 27.7. The van der Waals surface area contributed by atoms with Gasteiger partial charge >= 0.3 is 0 Å². The summed E-state index contributed by atoms with van der Waals surface area (Å²) < 4.78 is 0. The van der Waals surface area contributed by atoms with Gasteiger partial charge in [0.1, 0.15) is 5.75 Å². The van der Waals surface area contributed by atoms with Gasteiger partial charge in [0.2, 0.25) is 11.8 Å². The summed E-state index contributed by atoms with van der Waals surface area (Å²) in [7, 11) is 1.51. The number of carbonyl (C=O) groups excluding carboxylic acids is 2. The molecule has 0 aromatic heterocycles. The van der Waals surface area contributed by atoms with E-state index in [2.05, 4.69) is 6.08 Å². The fourth-order valence-electron chi connectivity index (χ4n) is 6.28. The standard InChI is InChI=1S/C32H39NO5/c1-18(2)24-16-25-29(32(38)33(5)31(25)37)26(17-34)28(24)27(35)12-11-23(22-9-7-6-8-10-22)15-21-13-19(3)30(36)20(4)14-21/h6-10,13-15,18,25-27,29,34-36H,11-12,16-17H2,1-5H3/b23-15-/t25-,26+,27-,29-/m1/s1. The zero-order valence-corrected chi connectivity index (χ0v) is 22.9. The minimum Gasteiger partial charge on any atom is -0.507 e. The molecule has 6 heteroatoms. The second kappa shape index (κ2) is 11.3. The Morgan fingerprint density at radius 3 is 2.29 bits per heavy atom. The van der Waals surface area contributed by atoms with E-state index in [-0.39, 0.29) is 24.3 Å². The second-order valence-electron chi connectivity index (χ2n) is 11.1. The van der Waals surface area contributed by atoms with E-state index in [4.69, 9.17) is 0 Å². The Balaban J connectivity index is 1.68. The average Bonchev–Trinajstić information content (AvgIpc) is 3.12. The highest BCUT2D eigenvalue weighted by molar-refractivity contribution is 6.05. The first-order valence-electron chi connectivity index (χ1n) is 13.4. The van der Waals surface area contributed by atoms with Crippen molar-refractivity contribution < 1.29 is 24.9 Å². The van der Waals surface area contributed by atoms with Crippen molar-refractivity contribution in [2.24, 2.45) is 23.7 Å². The highest BCUT2D eigenvalue weighted by atomic mass is 16.3. The van der Waals surface area contributed by atoms with Gasteiger partial charge < -0.3 is 15.3 Å². The van der Waals surface area contributed by atoms with E-state index in [1.54, 1.807) is 0 Å². The molecule has 6 nitrogen and oxygen atoms in total. The number of aryl methyl sites for hydroxylation is 2. The average molecular weight is 518 g/mol. The second-order valence-corrected chi connectivity index (χ2v) is 11.1. The predicted molar refractivity (Wildman–Crippen MR) is 149 cm³/mol. The number of amides is 2. The number of aromatic hydroxyl groups is 1. The molecule has 0 saturated carbocycles. The van der Waals surface area contributed by atoms with Crippen LogP contribution >= 0.6 is 0 Å². The van der Waals surface area contributed by atoms with Gasteiger partial charge in [-0.15, -0.1) is 0 Å². The lowest BCUT2D eigenvalue weighted by molar-refractivity contribution is -0.138. The van der Waals surface area contributed by atoms with E-state index < -0.39 is 23.9 Å². The van der Waals surface area contributed by atoms with Crippen molar-refractivity contribution in [3.63, 3.8) is 0 Å². The molecule has 2 aliphatic rings. The Kier molecular flexibility index (Phi) is 8.24. The maximum Gasteiger partial charge on any atom is 0.233 e. The molecule has 2 aromatic carbocycles. The van der Waals surface area contributed by atoms with E-state index in [1.165, 1.54) is 11.9 Å². The minimum absolute atomic E-state index is 0.0792. The molecule has 38 heavy (non-hydrogen) atoms. The largest absolute Gasteiger partial charge is 0.507 e. The fraction of sp³-hybridized carbons (Fsp3) is 0.438. The van der Waals surface area contributed by atoms with Crippen LogP contribution in [-0.2, 0) is 9.59 Å². The third-order valence-corrected chi connectivity index (χ3v) is 8.28. The van der Waals surface area contributed by atoms with Crippen LogP contribution in [0.1, 0.15) is 55.4 Å². The van der Waals surface area contributed by atoms with Crippen molar-refractivity contribution in [2.45, 2.75) is 53.1 Å². The monoisotopic (exact) mass is 517 g/mol. The summed E-state index contributed by atoms with van der Waals surface area (Å²) in [6.07, 6.45) is 2.66. The van der Waals surface area contributed by atoms with E-state index >= 15 is 0 Å². The summed E-state index contributed by atoms with van der Waals surface area (Å²) in [5.74, 6) is -1.77. The Labute approximate surface area is 225 Å². The van der Waals surface area contributed by atoms with Gasteiger partial charge in [0.15, 0.2) is 0 Å². The summed E-state index contributed by atoms with van der Waals surface area (Å²) in [6, 6.07) is 13.9. The van der Waals surface area contributed by atoms with Gasteiger partial charge in [0.05, 0.1) is 24.5 Å². The molecule has 4 rings (SSSR count). The molecule has 4 atom stereocenters. The summed E-state index contributed by atoms with van der Waals surface area (Å²) in [5, 5.41) is 32.2. The number of hydrogen-bond acceptors (Lipinski definition) is 5. The molecule has 0 spiro atoms. The number of phenolic OH excluding ortho intramolecular Hbond substituents is 1. The third kappa shape index (κ3) is 5.20. The highest BCUT2D eigenvalue weighted by Crippen LogP contribution is 2.47. The van der Waals surface area contributed by atoms with Gasteiger partial charge in [0, 0.05) is 13.0 Å². The van der Waals surface area contributed by atoms with E-state index in [0.717, 1.165) is 39.0 Å². The number of benzene rings is 2. The van der Waals surface area contributed by atoms with Crippen LogP contribution in [0.3, 0.4) is 0 Å². The Morgan fingerprint density at radius 2 is 1.71 bits per heavy atom. The van der Waals surface area contributed by atoms with Crippen LogP contribution in [-0.4, -0.2) is 51.8 Å². The number of carbonyl (C=O) groups is 2. The van der Waals surface area contributed by atoms with Crippen LogP contribution in [0.4, 0.5) is 0 Å². The molecule has 2 aromatic rings. The van der Waals surface area contributed by atoms with Crippen LogP contribution in [0.2, 0.25) is 0 Å². The first-order valence-corrected chi connectivity index (χ1v) is 13.4. The van der Waals surface area contributed by atoms with Crippen LogP contribution < -0.4 is 0 Å². The number of phenols is 1. The minimum atomic E-state index is -0.852. The molecule has 1 aliphatic heterocycles. The molecular weight excluding hydrogens is 478 g/mol. The van der Waals surface area contributed by atoms with Crippen LogP contribution in [0.5, 0.6) is 5.75 Å². The van der Waals surface area contributed by atoms with Crippen LogP contribution in [0.25, 0.3) is 11.6 Å². The van der Waals surface area contributed by atoms with Gasteiger partial charge in [-0.25, -0.2) is 0 Å². The number of imide groups is 1. The Morgan fingerprint density at radius 1 is 1.08 bits per heavy atom. The number of nitrogens with zero attached hydrogens (tertiary/aromatic N) is 1. The van der Waals surface area contributed by atoms with Crippen LogP contribution in [0, 0.1) is 37.5 Å². The molecule has 1 fully saturated rings. The van der Waals surface area contributed by atoms with Crippen molar-refractivity contribution in [2.75, 3.05) is 13.7 Å². The summed E-state index contributed by atoms with van der Waals surface area (Å²) in [6.45, 7) is 7.54. The summed E-state index contributed by atoms with van der Waals surface area (Å²) in [5.41, 5.74) is 6.37. The molecular formula is C32H39NO5. The first-order chi connectivity index (χ1) is 18.0. The number of likely N-dealkylation sites (tertiary alicyclic amines) is 1. The van der Waals surface area contributed by atoms with Gasteiger partial charge in [-0.05, 0) is 84.6 Å². The fourth-order valence-corrected chi connectivity index (χ4v) is 6.28. The summed E-state index contributed by atoms with van der Waals surface area (Å²) >= 11 is 0. The lowest BCUT2D eigenvalue weighted by Crippen LogP contribution is -2.39. The Hall–Kier alpha value is -3.22. The van der Waals surface area contributed by atoms with Crippen molar-refractivity contribution in [1.82, 2.24) is 4.90 Å². The number of aliphatic hydroxyl groups is 2. The molecule has 0 unspecified atom stereocenters. The van der Waals surface area contributed by atoms with Gasteiger partial charge in [-0.2, -0.15) is 0 Å². The lowest BCUT2D eigenvalue weighted by atomic mass is 9.66. The molecule has 202 valence electrons. The Bertz CT molecular complexity index is 1250. The number of rotatable bonds is 8. The molecule has 0 bridgehead atoms. The maximum absolute atomic E-state index is 13.0. The number of hydrogen-bond donors (Lipinski definition) is 3. The maximum atomic E-state index is 13.0. The van der Waals surface area contributed by atoms with E-state index in [0.29, 0.717) is 25.0 Å². The number of allylic oxidation sites excluding steroid dienone is 2. The normalized spacial score (nSPS) is 22.9.